The van der Waals surface area contributed by atoms with Crippen LogP contribution in [0.4, 0.5) is 0 Å². The van der Waals surface area contributed by atoms with Gasteiger partial charge in [-0.1, -0.05) is 0 Å². The van der Waals surface area contributed by atoms with Gasteiger partial charge in [0.05, 0.1) is 12.2 Å². The first-order valence-electron chi connectivity index (χ1n) is 5.18. The van der Waals surface area contributed by atoms with Crippen molar-refractivity contribution in [2.75, 3.05) is 20.2 Å². The Kier molecular flexibility index (Phi) is 2.77. The van der Waals surface area contributed by atoms with E-state index in [-0.39, 0.29) is 17.9 Å². The van der Waals surface area contributed by atoms with Gasteiger partial charge in [0, 0.05) is 6.04 Å². The van der Waals surface area contributed by atoms with Crippen LogP contribution in [0.25, 0.3) is 0 Å². The van der Waals surface area contributed by atoms with Crippen molar-refractivity contribution >= 4 is 5.91 Å². The van der Waals surface area contributed by atoms with E-state index in [1.165, 1.54) is 0 Å². The van der Waals surface area contributed by atoms with Crippen LogP contribution in [0.5, 0.6) is 0 Å². The molecule has 2 atom stereocenters. The van der Waals surface area contributed by atoms with Gasteiger partial charge in [0.1, 0.15) is 6.61 Å². The molecule has 1 fully saturated rings. The number of ether oxygens (including phenoxy) is 1. The quantitative estimate of drug-likeness (QED) is 0.708. The molecule has 0 aromatic carbocycles. The molecule has 2 unspecified atom stereocenters. The molecular weight excluding hydrogens is 192 g/mol. The van der Waals surface area contributed by atoms with Crippen molar-refractivity contribution in [2.24, 2.45) is 11.7 Å². The fourth-order valence-corrected chi connectivity index (χ4v) is 2.35. The van der Waals surface area contributed by atoms with Gasteiger partial charge in [-0.3, -0.25) is 9.69 Å². The summed E-state index contributed by atoms with van der Waals surface area (Å²) in [7, 11) is 2.03. The Balaban J connectivity index is 2.20. The van der Waals surface area contributed by atoms with Crippen molar-refractivity contribution in [1.29, 1.82) is 0 Å². The fraction of sp³-hybridized carbons (Fsp3) is 0.545. The highest BCUT2D eigenvalue weighted by atomic mass is 16.5. The Labute approximate surface area is 89.4 Å². The number of carbonyl (C=O) groups excluding carboxylic acids is 1. The zero-order valence-electron chi connectivity index (χ0n) is 8.85. The highest BCUT2D eigenvalue weighted by molar-refractivity contribution is 5.78. The standard InChI is InChI=1S/C11H16N2O2/c1-13-5-2-9(11(12)14)10(13)8-3-6-15-7-4-8/h3-4,6,9-10H,2,5,7H2,1H3,(H2,12,14). The van der Waals surface area contributed by atoms with Crippen LogP contribution in [0.1, 0.15) is 6.42 Å². The predicted molar refractivity (Wildman–Crippen MR) is 56.9 cm³/mol. The molecule has 1 amide bonds. The number of nitrogens with two attached hydrogens (primary N) is 1. The Hall–Kier alpha value is -1.29. The lowest BCUT2D eigenvalue weighted by atomic mass is 9.92. The summed E-state index contributed by atoms with van der Waals surface area (Å²) in [5.74, 6) is -0.269. The van der Waals surface area contributed by atoms with E-state index in [0.717, 1.165) is 18.5 Å². The number of hydrogen-bond acceptors (Lipinski definition) is 3. The molecule has 1 saturated heterocycles. The SMILES string of the molecule is CN1CCC(C(N)=O)C1C1=CCOC=C1. The second-order valence-corrected chi connectivity index (χ2v) is 4.06. The molecule has 0 aromatic heterocycles. The van der Waals surface area contributed by atoms with Crippen LogP contribution in [-0.2, 0) is 9.53 Å². The molecule has 15 heavy (non-hydrogen) atoms. The number of carbonyl (C=O) groups is 1. The summed E-state index contributed by atoms with van der Waals surface area (Å²) >= 11 is 0. The third-order valence-corrected chi connectivity index (χ3v) is 3.13. The minimum absolute atomic E-state index is 0.0657. The monoisotopic (exact) mass is 208 g/mol. The second-order valence-electron chi connectivity index (χ2n) is 4.06. The molecular formula is C11H16N2O2. The number of nitrogens with zero attached hydrogens (tertiary/aromatic N) is 1. The number of hydrogen-bond donors (Lipinski definition) is 1. The predicted octanol–water partition coefficient (Wildman–Crippen LogP) is 0.262. The van der Waals surface area contributed by atoms with Crippen LogP contribution in [0.15, 0.2) is 24.0 Å². The molecule has 2 heterocycles. The lowest BCUT2D eigenvalue weighted by Crippen LogP contribution is -2.37. The summed E-state index contributed by atoms with van der Waals surface area (Å²) < 4.78 is 5.10. The Morgan fingerprint density at radius 1 is 1.67 bits per heavy atom. The summed E-state index contributed by atoms with van der Waals surface area (Å²) in [6.45, 7) is 1.51. The van der Waals surface area contributed by atoms with E-state index < -0.39 is 0 Å². The van der Waals surface area contributed by atoms with Gasteiger partial charge in [-0.25, -0.2) is 0 Å². The van der Waals surface area contributed by atoms with Gasteiger partial charge >= 0.3 is 0 Å². The highest BCUT2D eigenvalue weighted by Gasteiger charge is 2.37. The van der Waals surface area contributed by atoms with Crippen LogP contribution in [0.3, 0.4) is 0 Å². The maximum absolute atomic E-state index is 11.3. The average molecular weight is 208 g/mol. The van der Waals surface area contributed by atoms with Gasteiger partial charge in [0.2, 0.25) is 5.91 Å². The van der Waals surface area contributed by atoms with Crippen molar-refractivity contribution in [3.05, 3.63) is 24.0 Å². The lowest BCUT2D eigenvalue weighted by molar-refractivity contribution is -0.122. The summed E-state index contributed by atoms with van der Waals surface area (Å²) in [5, 5.41) is 0. The van der Waals surface area contributed by atoms with Gasteiger partial charge in [-0.2, -0.15) is 0 Å². The minimum Gasteiger partial charge on any atom is -0.497 e. The van der Waals surface area contributed by atoms with Crippen molar-refractivity contribution < 1.29 is 9.53 Å². The number of amides is 1. The third kappa shape index (κ3) is 1.90. The zero-order chi connectivity index (χ0) is 10.8. The van der Waals surface area contributed by atoms with Crippen molar-refractivity contribution in [1.82, 2.24) is 4.90 Å². The zero-order valence-corrected chi connectivity index (χ0v) is 8.85. The number of primary amides is 1. The van der Waals surface area contributed by atoms with Gasteiger partial charge < -0.3 is 10.5 Å². The molecule has 0 bridgehead atoms. The number of likely N-dealkylation sites (tertiary alicyclic amines) is 1. The van der Waals surface area contributed by atoms with Crippen LogP contribution < -0.4 is 5.73 Å². The molecule has 2 aliphatic rings. The first-order chi connectivity index (χ1) is 7.20. The maximum Gasteiger partial charge on any atom is 0.222 e. The molecule has 2 N–H and O–H groups in total. The largest absolute Gasteiger partial charge is 0.497 e. The van der Waals surface area contributed by atoms with Gasteiger partial charge in [-0.15, -0.1) is 0 Å². The van der Waals surface area contributed by atoms with Crippen molar-refractivity contribution in [2.45, 2.75) is 12.5 Å². The molecule has 2 aliphatic heterocycles. The number of likely N-dealkylation sites (N-methyl/N-ethyl adjacent to an activating group) is 1. The maximum atomic E-state index is 11.3. The molecule has 4 nitrogen and oxygen atoms in total. The van der Waals surface area contributed by atoms with E-state index in [0.29, 0.717) is 6.61 Å². The first kappa shape index (κ1) is 10.2. The van der Waals surface area contributed by atoms with Crippen molar-refractivity contribution in [3.63, 3.8) is 0 Å². The van der Waals surface area contributed by atoms with Crippen LogP contribution in [-0.4, -0.2) is 37.0 Å². The van der Waals surface area contributed by atoms with E-state index in [9.17, 15) is 4.79 Å². The van der Waals surface area contributed by atoms with Crippen LogP contribution >= 0.6 is 0 Å². The smallest absolute Gasteiger partial charge is 0.222 e. The normalized spacial score (nSPS) is 31.1. The van der Waals surface area contributed by atoms with E-state index >= 15 is 0 Å². The molecule has 2 rings (SSSR count). The average Bonchev–Trinajstić information content (AvgIpc) is 2.61. The van der Waals surface area contributed by atoms with E-state index in [1.54, 1.807) is 6.26 Å². The highest BCUT2D eigenvalue weighted by Crippen LogP contribution is 2.29. The Morgan fingerprint density at radius 3 is 3.07 bits per heavy atom. The first-order valence-corrected chi connectivity index (χ1v) is 5.18. The third-order valence-electron chi connectivity index (χ3n) is 3.13. The topological polar surface area (TPSA) is 55.6 Å². The molecule has 4 heteroatoms. The Bertz CT molecular complexity index is 323. The fourth-order valence-electron chi connectivity index (χ4n) is 2.35. The number of rotatable bonds is 2. The molecule has 0 saturated carbocycles. The van der Waals surface area contributed by atoms with E-state index in [4.69, 9.17) is 10.5 Å². The second kappa shape index (κ2) is 4.06. The lowest BCUT2D eigenvalue weighted by Gasteiger charge is -2.25. The minimum atomic E-state index is -0.204. The molecule has 0 aromatic rings. The summed E-state index contributed by atoms with van der Waals surface area (Å²) in [5.41, 5.74) is 6.55. The molecule has 82 valence electrons. The van der Waals surface area contributed by atoms with E-state index in [2.05, 4.69) is 4.90 Å². The summed E-state index contributed by atoms with van der Waals surface area (Å²) in [6, 6.07) is 0.127. The Morgan fingerprint density at radius 2 is 2.47 bits per heavy atom. The molecule has 0 spiro atoms. The van der Waals surface area contributed by atoms with Gasteiger partial charge in [-0.05, 0) is 37.7 Å². The van der Waals surface area contributed by atoms with Crippen molar-refractivity contribution in [3.8, 4) is 0 Å². The van der Waals surface area contributed by atoms with E-state index in [1.807, 2.05) is 19.2 Å². The molecule has 0 radical (unpaired) electrons. The molecule has 0 aliphatic carbocycles. The summed E-state index contributed by atoms with van der Waals surface area (Å²) in [4.78, 5) is 13.5. The van der Waals surface area contributed by atoms with Crippen LogP contribution in [0, 0.1) is 5.92 Å². The van der Waals surface area contributed by atoms with Gasteiger partial charge in [0.25, 0.3) is 0 Å². The summed E-state index contributed by atoms with van der Waals surface area (Å²) in [6.07, 6.45) is 6.47. The van der Waals surface area contributed by atoms with Crippen LogP contribution in [0.2, 0.25) is 0 Å². The van der Waals surface area contributed by atoms with Gasteiger partial charge in [0.15, 0.2) is 0 Å².